The number of H-pyrrole nitrogens is 1. The first-order valence-corrected chi connectivity index (χ1v) is 8.37. The van der Waals surface area contributed by atoms with E-state index in [2.05, 4.69) is 10.3 Å². The Morgan fingerprint density at radius 3 is 2.91 bits per heavy atom. The Balaban J connectivity index is 1.95. The number of halogens is 2. The number of hydrogen-bond acceptors (Lipinski definition) is 2. The Kier molecular flexibility index (Phi) is 3.47. The minimum Gasteiger partial charge on any atom is -0.354 e. The van der Waals surface area contributed by atoms with Crippen LogP contribution in [0.25, 0.3) is 22.2 Å². The maximum absolute atomic E-state index is 14.5. The fourth-order valence-corrected chi connectivity index (χ4v) is 3.97. The van der Waals surface area contributed by atoms with Gasteiger partial charge in [0.25, 0.3) is 0 Å². The number of hydrogen-bond donors (Lipinski definition) is 2. The lowest BCUT2D eigenvalue weighted by molar-refractivity contribution is 0.229. The van der Waals surface area contributed by atoms with Gasteiger partial charge in [0.05, 0.1) is 5.69 Å². The molecule has 0 amide bonds. The average Bonchev–Trinajstić information content (AvgIpc) is 3.14. The van der Waals surface area contributed by atoms with Crippen LogP contribution in [0.2, 0.25) is 0 Å². The van der Waals surface area contributed by atoms with Gasteiger partial charge >= 0.3 is 0 Å². The van der Waals surface area contributed by atoms with E-state index < -0.39 is 6.17 Å². The van der Waals surface area contributed by atoms with Gasteiger partial charge < -0.3 is 10.3 Å². The highest BCUT2D eigenvalue weighted by Gasteiger charge is 2.31. The molecular weight excluding hydrogens is 302 g/mol. The van der Waals surface area contributed by atoms with Crippen LogP contribution in [-0.2, 0) is 0 Å². The molecule has 114 valence electrons. The summed E-state index contributed by atoms with van der Waals surface area (Å²) in [6, 6.07) is 6.70. The average molecular weight is 318 g/mol. The van der Waals surface area contributed by atoms with Crippen molar-refractivity contribution in [1.82, 2.24) is 10.3 Å². The van der Waals surface area contributed by atoms with Gasteiger partial charge in [-0.2, -0.15) is 11.3 Å². The molecule has 4 rings (SSSR count). The zero-order valence-corrected chi connectivity index (χ0v) is 12.7. The third-order valence-electron chi connectivity index (χ3n) is 4.38. The predicted molar refractivity (Wildman–Crippen MR) is 86.7 cm³/mol. The second-order valence-electron chi connectivity index (χ2n) is 5.73. The topological polar surface area (TPSA) is 27.8 Å². The van der Waals surface area contributed by atoms with Crippen molar-refractivity contribution >= 4 is 22.2 Å². The van der Waals surface area contributed by atoms with Gasteiger partial charge in [0.1, 0.15) is 12.0 Å². The quantitative estimate of drug-likeness (QED) is 0.718. The summed E-state index contributed by atoms with van der Waals surface area (Å²) >= 11 is 1.60. The van der Waals surface area contributed by atoms with E-state index in [1.807, 2.05) is 16.8 Å². The molecule has 1 fully saturated rings. The van der Waals surface area contributed by atoms with Crippen molar-refractivity contribution < 1.29 is 8.78 Å². The van der Waals surface area contributed by atoms with Gasteiger partial charge in [-0.1, -0.05) is 0 Å². The number of fused-ring (bicyclic) bond motifs is 1. The van der Waals surface area contributed by atoms with Crippen molar-refractivity contribution in [1.29, 1.82) is 0 Å². The molecule has 0 saturated carbocycles. The summed E-state index contributed by atoms with van der Waals surface area (Å²) in [5, 5.41) is 8.23. The summed E-state index contributed by atoms with van der Waals surface area (Å²) in [4.78, 5) is 3.30. The van der Waals surface area contributed by atoms with E-state index in [0.717, 1.165) is 27.7 Å². The monoisotopic (exact) mass is 318 g/mol. The molecule has 2 aromatic heterocycles. The summed E-state index contributed by atoms with van der Waals surface area (Å²) < 4.78 is 28.0. The van der Waals surface area contributed by atoms with Crippen LogP contribution in [0, 0.1) is 5.82 Å². The number of rotatable bonds is 2. The molecule has 3 aromatic rings. The number of nitrogens with one attached hydrogen (secondary N) is 2. The third-order valence-corrected chi connectivity index (χ3v) is 5.06. The highest BCUT2D eigenvalue weighted by molar-refractivity contribution is 7.08. The second-order valence-corrected chi connectivity index (χ2v) is 6.51. The summed E-state index contributed by atoms with van der Waals surface area (Å²) in [7, 11) is 0. The lowest BCUT2D eigenvalue weighted by Crippen LogP contribution is -2.36. The molecule has 2 atom stereocenters. The standard InChI is InChI=1S/C17H16F2N2S/c18-11-1-2-12-15(7-11)21-17(10-4-6-22-9-10)16(12)13-8-20-5-3-14(13)19/h1-2,4,6-7,9,13-14,20-21H,3,5,8H2/t13?,14-/m1/s1. The van der Waals surface area contributed by atoms with Crippen LogP contribution in [0.5, 0.6) is 0 Å². The molecule has 1 unspecified atom stereocenters. The van der Waals surface area contributed by atoms with E-state index in [9.17, 15) is 8.78 Å². The molecule has 3 heterocycles. The van der Waals surface area contributed by atoms with E-state index in [1.165, 1.54) is 12.1 Å². The molecule has 1 saturated heterocycles. The second kappa shape index (κ2) is 5.48. The molecule has 0 bridgehead atoms. The molecule has 0 radical (unpaired) electrons. The maximum Gasteiger partial charge on any atom is 0.125 e. The molecule has 1 aromatic carbocycles. The zero-order chi connectivity index (χ0) is 15.1. The largest absolute Gasteiger partial charge is 0.354 e. The Hall–Kier alpha value is -1.72. The molecule has 1 aliphatic heterocycles. The maximum atomic E-state index is 14.5. The summed E-state index contributed by atoms with van der Waals surface area (Å²) in [6.07, 6.45) is -0.357. The van der Waals surface area contributed by atoms with Crippen LogP contribution < -0.4 is 5.32 Å². The summed E-state index contributed by atoms with van der Waals surface area (Å²) in [5.74, 6) is -0.487. The smallest absolute Gasteiger partial charge is 0.125 e. The third kappa shape index (κ3) is 2.25. The summed E-state index contributed by atoms with van der Waals surface area (Å²) in [6.45, 7) is 1.32. The zero-order valence-electron chi connectivity index (χ0n) is 11.9. The van der Waals surface area contributed by atoms with Crippen LogP contribution in [0.15, 0.2) is 35.0 Å². The van der Waals surface area contributed by atoms with E-state index in [1.54, 1.807) is 17.4 Å². The molecule has 0 aliphatic carbocycles. The predicted octanol–water partition coefficient (Wildman–Crippen LogP) is 4.45. The van der Waals surface area contributed by atoms with Gasteiger partial charge in [-0.25, -0.2) is 8.78 Å². The summed E-state index contributed by atoms with van der Waals surface area (Å²) in [5.41, 5.74) is 3.65. The van der Waals surface area contributed by atoms with Crippen molar-refractivity contribution in [2.24, 2.45) is 0 Å². The number of thiophene rings is 1. The van der Waals surface area contributed by atoms with Crippen LogP contribution in [0.4, 0.5) is 8.78 Å². The van der Waals surface area contributed by atoms with E-state index >= 15 is 0 Å². The Bertz CT molecular complexity index is 794. The lowest BCUT2D eigenvalue weighted by atomic mass is 9.87. The van der Waals surface area contributed by atoms with Gasteiger partial charge in [-0.05, 0) is 48.2 Å². The molecule has 5 heteroatoms. The van der Waals surface area contributed by atoms with Gasteiger partial charge in [0.2, 0.25) is 0 Å². The minimum absolute atomic E-state index is 0.206. The SMILES string of the molecule is Fc1ccc2c(C3CNCC[C@H]3F)c(-c3ccsc3)[nH]c2c1. The van der Waals surface area contributed by atoms with Crippen LogP contribution in [0.1, 0.15) is 17.9 Å². The normalized spacial score (nSPS) is 22.3. The number of aromatic amines is 1. The number of aromatic nitrogens is 1. The van der Waals surface area contributed by atoms with E-state index in [-0.39, 0.29) is 11.7 Å². The molecular formula is C17H16F2N2S. The fourth-order valence-electron chi connectivity index (χ4n) is 3.32. The van der Waals surface area contributed by atoms with Crippen molar-refractivity contribution in [3.63, 3.8) is 0 Å². The highest BCUT2D eigenvalue weighted by atomic mass is 32.1. The van der Waals surface area contributed by atoms with Crippen LogP contribution >= 0.6 is 11.3 Å². The molecule has 1 aliphatic rings. The Morgan fingerprint density at radius 2 is 2.14 bits per heavy atom. The molecule has 2 nitrogen and oxygen atoms in total. The Morgan fingerprint density at radius 1 is 1.23 bits per heavy atom. The number of piperidine rings is 1. The van der Waals surface area contributed by atoms with Crippen LogP contribution in [0.3, 0.4) is 0 Å². The number of alkyl halides is 1. The van der Waals surface area contributed by atoms with E-state index in [0.29, 0.717) is 19.5 Å². The first-order valence-electron chi connectivity index (χ1n) is 7.42. The van der Waals surface area contributed by atoms with Crippen molar-refractivity contribution in [3.05, 3.63) is 46.4 Å². The highest BCUT2D eigenvalue weighted by Crippen LogP contribution is 2.40. The van der Waals surface area contributed by atoms with Crippen molar-refractivity contribution in [2.45, 2.75) is 18.5 Å². The van der Waals surface area contributed by atoms with Gasteiger partial charge in [-0.15, -0.1) is 0 Å². The van der Waals surface area contributed by atoms with Gasteiger partial charge in [0, 0.05) is 34.3 Å². The molecule has 22 heavy (non-hydrogen) atoms. The fraction of sp³-hybridized carbons (Fsp3) is 0.294. The lowest BCUT2D eigenvalue weighted by Gasteiger charge is -2.27. The van der Waals surface area contributed by atoms with Gasteiger partial charge in [0.15, 0.2) is 0 Å². The van der Waals surface area contributed by atoms with E-state index in [4.69, 9.17) is 0 Å². The molecule has 0 spiro atoms. The first kappa shape index (κ1) is 13.9. The Labute approximate surface area is 131 Å². The minimum atomic E-state index is -0.873. The van der Waals surface area contributed by atoms with Crippen molar-refractivity contribution in [2.75, 3.05) is 13.1 Å². The van der Waals surface area contributed by atoms with Gasteiger partial charge in [-0.3, -0.25) is 0 Å². The molecule has 2 N–H and O–H groups in total. The number of benzene rings is 1. The van der Waals surface area contributed by atoms with Crippen LogP contribution in [-0.4, -0.2) is 24.2 Å². The van der Waals surface area contributed by atoms with Crippen molar-refractivity contribution in [3.8, 4) is 11.3 Å². The first-order chi connectivity index (χ1) is 10.7.